The zero-order valence-electron chi connectivity index (χ0n) is 17.0. The molecule has 0 aliphatic rings. The summed E-state index contributed by atoms with van der Waals surface area (Å²) in [5, 5.41) is 3.38. The van der Waals surface area contributed by atoms with Gasteiger partial charge in [0.2, 0.25) is 5.91 Å². The molecule has 3 aromatic rings. The van der Waals surface area contributed by atoms with Gasteiger partial charge in [-0.1, -0.05) is 15.9 Å². The fourth-order valence-corrected chi connectivity index (χ4v) is 3.98. The summed E-state index contributed by atoms with van der Waals surface area (Å²) >= 11 is 4.75. The summed E-state index contributed by atoms with van der Waals surface area (Å²) in [6, 6.07) is 9.10. The standard InChI is InChI=1S/C21H21BrN4O3S/c1-12-10-14(22)7-8-15(12)24-17(27)11-26(3)21(28)18-13(2)23-19(25-20(18)30-4)16-6-5-9-29-16/h5-10H,11H2,1-4H3,(H,24,27). The lowest BCUT2D eigenvalue weighted by Gasteiger charge is -2.19. The van der Waals surface area contributed by atoms with Crippen LogP contribution < -0.4 is 5.32 Å². The maximum Gasteiger partial charge on any atom is 0.258 e. The van der Waals surface area contributed by atoms with Gasteiger partial charge in [-0.15, -0.1) is 11.8 Å². The van der Waals surface area contributed by atoms with Crippen LogP contribution in [0.5, 0.6) is 0 Å². The number of amides is 2. The Morgan fingerprint density at radius 3 is 2.63 bits per heavy atom. The maximum absolute atomic E-state index is 13.1. The van der Waals surface area contributed by atoms with Crippen molar-refractivity contribution in [3.05, 3.63) is 57.9 Å². The number of nitrogens with one attached hydrogen (secondary N) is 1. The molecule has 2 heterocycles. The lowest BCUT2D eigenvalue weighted by atomic mass is 10.2. The molecular formula is C21H21BrN4O3S. The van der Waals surface area contributed by atoms with Crippen LogP contribution in [0.25, 0.3) is 11.6 Å². The molecule has 7 nitrogen and oxygen atoms in total. The minimum atomic E-state index is -0.314. The summed E-state index contributed by atoms with van der Waals surface area (Å²) < 4.78 is 6.30. The average molecular weight is 489 g/mol. The molecule has 0 bridgehead atoms. The first-order valence-electron chi connectivity index (χ1n) is 9.08. The molecule has 1 N–H and O–H groups in total. The van der Waals surface area contributed by atoms with Crippen molar-refractivity contribution < 1.29 is 14.0 Å². The number of anilines is 1. The van der Waals surface area contributed by atoms with Gasteiger partial charge in [-0.3, -0.25) is 9.59 Å². The fourth-order valence-electron chi connectivity index (χ4n) is 2.89. The number of carbonyl (C=O) groups excluding carboxylic acids is 2. The summed E-state index contributed by atoms with van der Waals surface area (Å²) in [6.45, 7) is 3.56. The molecule has 0 spiro atoms. The van der Waals surface area contributed by atoms with Crippen molar-refractivity contribution in [2.24, 2.45) is 0 Å². The van der Waals surface area contributed by atoms with Crippen LogP contribution in [0.3, 0.4) is 0 Å². The number of carbonyl (C=O) groups is 2. The third kappa shape index (κ3) is 4.91. The van der Waals surface area contributed by atoms with Gasteiger partial charge in [-0.05, 0) is 56.0 Å². The third-order valence-electron chi connectivity index (χ3n) is 4.40. The van der Waals surface area contributed by atoms with Crippen LogP contribution in [0.15, 0.2) is 50.5 Å². The van der Waals surface area contributed by atoms with E-state index < -0.39 is 0 Å². The minimum absolute atomic E-state index is 0.0957. The smallest absolute Gasteiger partial charge is 0.258 e. The van der Waals surface area contributed by atoms with E-state index in [0.29, 0.717) is 33.6 Å². The second-order valence-corrected chi connectivity index (χ2v) is 8.37. The highest BCUT2D eigenvalue weighted by atomic mass is 79.9. The van der Waals surface area contributed by atoms with Gasteiger partial charge >= 0.3 is 0 Å². The number of furan rings is 1. The Hall–Kier alpha value is -2.65. The summed E-state index contributed by atoms with van der Waals surface area (Å²) in [4.78, 5) is 35.8. The number of hydrogen-bond donors (Lipinski definition) is 1. The number of aryl methyl sites for hydroxylation is 2. The number of hydrogen-bond acceptors (Lipinski definition) is 6. The molecule has 0 unspecified atom stereocenters. The molecule has 0 atom stereocenters. The zero-order chi connectivity index (χ0) is 21.8. The number of benzene rings is 1. The first-order chi connectivity index (χ1) is 14.3. The Kier molecular flexibility index (Phi) is 6.94. The van der Waals surface area contributed by atoms with Gasteiger partial charge < -0.3 is 14.6 Å². The maximum atomic E-state index is 13.1. The summed E-state index contributed by atoms with van der Waals surface area (Å²) in [5.41, 5.74) is 2.54. The molecule has 30 heavy (non-hydrogen) atoms. The van der Waals surface area contributed by atoms with E-state index >= 15 is 0 Å². The Morgan fingerprint density at radius 2 is 2.00 bits per heavy atom. The van der Waals surface area contributed by atoms with Gasteiger partial charge in [0.1, 0.15) is 5.03 Å². The van der Waals surface area contributed by atoms with Crippen molar-refractivity contribution in [3.8, 4) is 11.6 Å². The van der Waals surface area contributed by atoms with E-state index in [-0.39, 0.29) is 18.4 Å². The van der Waals surface area contributed by atoms with Crippen molar-refractivity contribution in [1.29, 1.82) is 0 Å². The van der Waals surface area contributed by atoms with Crippen LogP contribution in [0.4, 0.5) is 5.69 Å². The predicted molar refractivity (Wildman–Crippen MR) is 121 cm³/mol. The summed E-state index contributed by atoms with van der Waals surface area (Å²) in [5.74, 6) is 0.354. The van der Waals surface area contributed by atoms with Crippen molar-refractivity contribution >= 4 is 45.2 Å². The Balaban J connectivity index is 1.77. The molecule has 0 aliphatic heterocycles. The average Bonchev–Trinajstić information content (AvgIpc) is 3.23. The van der Waals surface area contributed by atoms with E-state index in [1.807, 2.05) is 31.4 Å². The van der Waals surface area contributed by atoms with Crippen molar-refractivity contribution in [2.45, 2.75) is 18.9 Å². The monoisotopic (exact) mass is 488 g/mol. The molecule has 0 aliphatic carbocycles. The third-order valence-corrected chi connectivity index (χ3v) is 5.57. The molecule has 0 radical (unpaired) electrons. The van der Waals surface area contributed by atoms with Crippen molar-refractivity contribution in [1.82, 2.24) is 14.9 Å². The number of aromatic nitrogens is 2. The SMILES string of the molecule is CSc1nc(-c2ccco2)nc(C)c1C(=O)N(C)CC(=O)Nc1ccc(Br)cc1C. The van der Waals surface area contributed by atoms with Gasteiger partial charge in [0.15, 0.2) is 11.6 Å². The summed E-state index contributed by atoms with van der Waals surface area (Å²) in [7, 11) is 1.58. The Labute approximate surface area is 187 Å². The van der Waals surface area contributed by atoms with E-state index in [0.717, 1.165) is 10.0 Å². The van der Waals surface area contributed by atoms with Gasteiger partial charge in [0, 0.05) is 17.2 Å². The van der Waals surface area contributed by atoms with E-state index in [1.54, 1.807) is 32.4 Å². The number of likely N-dealkylation sites (N-methyl/N-ethyl adjacent to an activating group) is 1. The van der Waals surface area contributed by atoms with E-state index in [4.69, 9.17) is 4.42 Å². The topological polar surface area (TPSA) is 88.3 Å². The molecule has 2 amide bonds. The van der Waals surface area contributed by atoms with Gasteiger partial charge in [-0.25, -0.2) is 9.97 Å². The molecule has 0 saturated carbocycles. The van der Waals surface area contributed by atoms with E-state index in [2.05, 4.69) is 31.2 Å². The molecule has 0 fully saturated rings. The normalized spacial score (nSPS) is 10.7. The number of nitrogens with zero attached hydrogens (tertiary/aromatic N) is 3. The van der Waals surface area contributed by atoms with E-state index in [1.165, 1.54) is 16.7 Å². The first-order valence-corrected chi connectivity index (χ1v) is 11.1. The van der Waals surface area contributed by atoms with Crippen molar-refractivity contribution in [3.63, 3.8) is 0 Å². The summed E-state index contributed by atoms with van der Waals surface area (Å²) in [6.07, 6.45) is 3.39. The molecular weight excluding hydrogens is 468 g/mol. The van der Waals surface area contributed by atoms with Crippen LogP contribution in [-0.4, -0.2) is 46.5 Å². The quantitative estimate of drug-likeness (QED) is 0.404. The van der Waals surface area contributed by atoms with Gasteiger partial charge in [0.05, 0.1) is 24.1 Å². The van der Waals surface area contributed by atoms with Crippen molar-refractivity contribution in [2.75, 3.05) is 25.2 Å². The first kappa shape index (κ1) is 22.0. The van der Waals surface area contributed by atoms with Crippen LogP contribution in [0.2, 0.25) is 0 Å². The molecule has 9 heteroatoms. The van der Waals surface area contributed by atoms with Crippen LogP contribution >= 0.6 is 27.7 Å². The second kappa shape index (κ2) is 9.44. The molecule has 156 valence electrons. The number of rotatable bonds is 6. The fraction of sp³-hybridized carbons (Fsp3) is 0.238. The Bertz CT molecular complexity index is 1090. The molecule has 0 saturated heterocycles. The zero-order valence-corrected chi connectivity index (χ0v) is 19.4. The molecule has 2 aromatic heterocycles. The second-order valence-electron chi connectivity index (χ2n) is 6.66. The van der Waals surface area contributed by atoms with Gasteiger partial charge in [0.25, 0.3) is 5.91 Å². The van der Waals surface area contributed by atoms with Crippen LogP contribution in [0, 0.1) is 13.8 Å². The highest BCUT2D eigenvalue weighted by Crippen LogP contribution is 2.26. The highest BCUT2D eigenvalue weighted by Gasteiger charge is 2.24. The van der Waals surface area contributed by atoms with Crippen LogP contribution in [-0.2, 0) is 4.79 Å². The predicted octanol–water partition coefficient (Wildman–Crippen LogP) is 4.55. The highest BCUT2D eigenvalue weighted by molar-refractivity contribution is 9.10. The van der Waals surface area contributed by atoms with Gasteiger partial charge in [-0.2, -0.15) is 0 Å². The molecule has 1 aromatic carbocycles. The number of halogens is 1. The minimum Gasteiger partial charge on any atom is -0.461 e. The lowest BCUT2D eigenvalue weighted by Crippen LogP contribution is -2.36. The van der Waals surface area contributed by atoms with E-state index in [9.17, 15) is 9.59 Å². The lowest BCUT2D eigenvalue weighted by molar-refractivity contribution is -0.116. The van der Waals surface area contributed by atoms with Crippen LogP contribution in [0.1, 0.15) is 21.6 Å². The Morgan fingerprint density at radius 1 is 1.23 bits per heavy atom. The molecule has 3 rings (SSSR count). The number of thioether (sulfide) groups is 1. The largest absolute Gasteiger partial charge is 0.461 e.